The van der Waals surface area contributed by atoms with Crippen LogP contribution < -0.4 is 10.6 Å². The molecule has 1 heterocycles. The van der Waals surface area contributed by atoms with Crippen LogP contribution in [0.1, 0.15) is 27.0 Å². The van der Waals surface area contributed by atoms with E-state index in [1.807, 2.05) is 41.4 Å². The van der Waals surface area contributed by atoms with Crippen molar-refractivity contribution in [3.8, 4) is 0 Å². The Morgan fingerprint density at radius 2 is 1.84 bits per heavy atom. The minimum atomic E-state index is 0.0170. The number of benzene rings is 2. The third kappa shape index (κ3) is 6.70. The lowest BCUT2D eigenvalue weighted by Crippen LogP contribution is -2.37. The van der Waals surface area contributed by atoms with Gasteiger partial charge in [0.25, 0.3) is 5.91 Å². The molecule has 0 radical (unpaired) electrons. The Kier molecular flexibility index (Phi) is 7.81. The molecule has 7 nitrogen and oxygen atoms in total. The molecule has 0 aliphatic rings. The molecule has 0 aliphatic heterocycles. The molecule has 0 saturated carbocycles. The Morgan fingerprint density at radius 1 is 1.06 bits per heavy atom. The first-order valence-corrected chi connectivity index (χ1v) is 10.3. The van der Waals surface area contributed by atoms with Crippen LogP contribution >= 0.6 is 0 Å². The van der Waals surface area contributed by atoms with Gasteiger partial charge in [-0.25, -0.2) is 4.98 Å². The Balaban J connectivity index is 1.45. The third-order valence-electron chi connectivity index (χ3n) is 4.92. The quantitative estimate of drug-likeness (QED) is 0.436. The fourth-order valence-electron chi connectivity index (χ4n) is 3.20. The van der Waals surface area contributed by atoms with E-state index in [0.29, 0.717) is 12.1 Å². The van der Waals surface area contributed by atoms with Gasteiger partial charge in [-0.05, 0) is 35.2 Å². The summed E-state index contributed by atoms with van der Waals surface area (Å²) in [5, 5.41) is 6.68. The first-order valence-electron chi connectivity index (χ1n) is 10.3. The van der Waals surface area contributed by atoms with Crippen LogP contribution in [0, 0.1) is 0 Å². The molecule has 0 bridgehead atoms. The molecule has 0 unspecified atom stereocenters. The number of aliphatic imine (C=N–C) groups is 1. The van der Waals surface area contributed by atoms with E-state index in [0.717, 1.165) is 31.0 Å². The molecule has 7 heteroatoms. The van der Waals surface area contributed by atoms with Gasteiger partial charge in [0.15, 0.2) is 5.96 Å². The summed E-state index contributed by atoms with van der Waals surface area (Å²) in [6.45, 7) is 2.24. The minimum absolute atomic E-state index is 0.0170. The lowest BCUT2D eigenvalue weighted by molar-refractivity contribution is 0.0827. The summed E-state index contributed by atoms with van der Waals surface area (Å²) < 4.78 is 2.05. The molecule has 0 saturated heterocycles. The van der Waals surface area contributed by atoms with Crippen LogP contribution in [0.25, 0.3) is 0 Å². The fourth-order valence-corrected chi connectivity index (χ4v) is 3.20. The second-order valence-corrected chi connectivity index (χ2v) is 7.55. The molecule has 1 amide bonds. The van der Waals surface area contributed by atoms with E-state index in [1.165, 1.54) is 11.1 Å². The summed E-state index contributed by atoms with van der Waals surface area (Å²) in [6, 6.07) is 16.3. The van der Waals surface area contributed by atoms with E-state index in [4.69, 9.17) is 0 Å². The Labute approximate surface area is 183 Å². The first kappa shape index (κ1) is 22.1. The largest absolute Gasteiger partial charge is 0.356 e. The van der Waals surface area contributed by atoms with Gasteiger partial charge in [0.2, 0.25) is 0 Å². The van der Waals surface area contributed by atoms with Crippen molar-refractivity contribution in [1.82, 2.24) is 25.1 Å². The molecule has 2 N–H and O–H groups in total. The summed E-state index contributed by atoms with van der Waals surface area (Å²) >= 11 is 0. The van der Waals surface area contributed by atoms with E-state index in [2.05, 4.69) is 44.9 Å². The van der Waals surface area contributed by atoms with E-state index >= 15 is 0 Å². The molecule has 0 spiro atoms. The van der Waals surface area contributed by atoms with Crippen LogP contribution in [-0.2, 0) is 19.5 Å². The monoisotopic (exact) mass is 418 g/mol. The summed E-state index contributed by atoms with van der Waals surface area (Å²) in [6.07, 6.45) is 6.37. The average molecular weight is 419 g/mol. The van der Waals surface area contributed by atoms with Gasteiger partial charge in [-0.15, -0.1) is 0 Å². The van der Waals surface area contributed by atoms with E-state index < -0.39 is 0 Å². The Morgan fingerprint density at radius 3 is 2.52 bits per heavy atom. The van der Waals surface area contributed by atoms with E-state index in [-0.39, 0.29) is 5.91 Å². The summed E-state index contributed by atoms with van der Waals surface area (Å²) in [7, 11) is 5.29. The number of rotatable bonds is 8. The highest BCUT2D eigenvalue weighted by atomic mass is 16.2. The molecular formula is C24H30N6O. The zero-order valence-electron chi connectivity index (χ0n) is 18.4. The summed E-state index contributed by atoms with van der Waals surface area (Å²) in [5.74, 6) is 0.770. The predicted octanol–water partition coefficient (Wildman–Crippen LogP) is 2.54. The molecule has 2 aromatic carbocycles. The van der Waals surface area contributed by atoms with E-state index in [1.54, 1.807) is 32.2 Å². The SMILES string of the molecule is CN=C(NCCc1cccc(C(=O)N(C)C)c1)NCc1ccc(Cn2ccnc2)cc1. The van der Waals surface area contributed by atoms with Crippen LogP contribution in [0.3, 0.4) is 0 Å². The van der Waals surface area contributed by atoms with Crippen molar-refractivity contribution < 1.29 is 4.79 Å². The number of guanidine groups is 1. The summed E-state index contributed by atoms with van der Waals surface area (Å²) in [4.78, 5) is 22.1. The van der Waals surface area contributed by atoms with Crippen LogP contribution in [0.15, 0.2) is 72.2 Å². The maximum Gasteiger partial charge on any atom is 0.253 e. The highest BCUT2D eigenvalue weighted by Crippen LogP contribution is 2.08. The lowest BCUT2D eigenvalue weighted by Gasteiger charge is -2.13. The zero-order chi connectivity index (χ0) is 22.1. The molecule has 1 aromatic heterocycles. The van der Waals surface area contributed by atoms with Crippen LogP contribution in [-0.4, -0.2) is 54.0 Å². The molecule has 162 valence electrons. The minimum Gasteiger partial charge on any atom is -0.356 e. The smallest absolute Gasteiger partial charge is 0.253 e. The van der Waals surface area contributed by atoms with Gasteiger partial charge in [-0.2, -0.15) is 0 Å². The second kappa shape index (κ2) is 11.0. The highest BCUT2D eigenvalue weighted by molar-refractivity contribution is 5.94. The first-order chi connectivity index (χ1) is 15.0. The molecular weight excluding hydrogens is 388 g/mol. The van der Waals surface area contributed by atoms with Crippen molar-refractivity contribution in [2.24, 2.45) is 4.99 Å². The standard InChI is InChI=1S/C24H30N6O/c1-25-24(27-12-11-19-5-4-6-22(15-19)23(31)29(2)3)28-16-20-7-9-21(10-8-20)17-30-14-13-26-18-30/h4-10,13-15,18H,11-12,16-17H2,1-3H3,(H2,25,27,28). The fraction of sp³-hybridized carbons (Fsp3) is 0.292. The highest BCUT2D eigenvalue weighted by Gasteiger charge is 2.08. The maximum absolute atomic E-state index is 12.1. The van der Waals surface area contributed by atoms with Crippen LogP contribution in [0.5, 0.6) is 0 Å². The van der Waals surface area contributed by atoms with Gasteiger partial charge >= 0.3 is 0 Å². The number of imidazole rings is 1. The van der Waals surface area contributed by atoms with Gasteiger partial charge in [0, 0.05) is 58.7 Å². The van der Waals surface area contributed by atoms with Crippen LogP contribution in [0.2, 0.25) is 0 Å². The van der Waals surface area contributed by atoms with Crippen molar-refractivity contribution >= 4 is 11.9 Å². The predicted molar refractivity (Wildman–Crippen MR) is 124 cm³/mol. The summed E-state index contributed by atoms with van der Waals surface area (Å²) in [5.41, 5.74) is 4.25. The number of amides is 1. The molecule has 31 heavy (non-hydrogen) atoms. The van der Waals surface area contributed by atoms with Crippen molar-refractivity contribution in [1.29, 1.82) is 0 Å². The van der Waals surface area contributed by atoms with Gasteiger partial charge in [-0.3, -0.25) is 9.79 Å². The van der Waals surface area contributed by atoms with Crippen molar-refractivity contribution in [3.63, 3.8) is 0 Å². The Hall–Kier alpha value is -3.61. The normalized spacial score (nSPS) is 11.3. The number of hydrogen-bond donors (Lipinski definition) is 2. The number of carbonyl (C=O) groups is 1. The molecule has 0 atom stereocenters. The number of nitrogens with zero attached hydrogens (tertiary/aromatic N) is 4. The molecule has 3 aromatic rings. The van der Waals surface area contributed by atoms with Crippen molar-refractivity contribution in [3.05, 3.63) is 89.5 Å². The number of hydrogen-bond acceptors (Lipinski definition) is 3. The maximum atomic E-state index is 12.1. The number of carbonyl (C=O) groups excluding carboxylic acids is 1. The van der Waals surface area contributed by atoms with E-state index in [9.17, 15) is 4.79 Å². The van der Waals surface area contributed by atoms with Gasteiger partial charge in [0.05, 0.1) is 6.33 Å². The molecule has 0 fully saturated rings. The topological polar surface area (TPSA) is 74.6 Å². The third-order valence-corrected chi connectivity index (χ3v) is 4.92. The zero-order valence-corrected chi connectivity index (χ0v) is 18.4. The van der Waals surface area contributed by atoms with Gasteiger partial charge in [0.1, 0.15) is 0 Å². The Bertz CT molecular complexity index is 993. The number of nitrogens with one attached hydrogen (secondary N) is 2. The van der Waals surface area contributed by atoms with Crippen molar-refractivity contribution in [2.45, 2.75) is 19.5 Å². The molecule has 0 aliphatic carbocycles. The van der Waals surface area contributed by atoms with Crippen LogP contribution in [0.4, 0.5) is 0 Å². The van der Waals surface area contributed by atoms with Crippen molar-refractivity contribution in [2.75, 3.05) is 27.7 Å². The van der Waals surface area contributed by atoms with Gasteiger partial charge < -0.3 is 20.1 Å². The number of aromatic nitrogens is 2. The average Bonchev–Trinajstić information content (AvgIpc) is 3.29. The lowest BCUT2D eigenvalue weighted by atomic mass is 10.1. The van der Waals surface area contributed by atoms with Gasteiger partial charge in [-0.1, -0.05) is 36.4 Å². The molecule has 3 rings (SSSR count). The second-order valence-electron chi connectivity index (χ2n) is 7.55.